The van der Waals surface area contributed by atoms with Crippen molar-refractivity contribution in [3.8, 4) is 0 Å². The lowest BCUT2D eigenvalue weighted by atomic mass is 9.98. The van der Waals surface area contributed by atoms with Crippen LogP contribution < -0.4 is 11.1 Å². The van der Waals surface area contributed by atoms with Crippen LogP contribution in [0.3, 0.4) is 0 Å². The quantitative estimate of drug-likeness (QED) is 0.676. The summed E-state index contributed by atoms with van der Waals surface area (Å²) in [7, 11) is 0. The minimum atomic E-state index is -0.447. The van der Waals surface area contributed by atoms with Crippen LogP contribution in [0.25, 0.3) is 0 Å². The molecule has 0 spiro atoms. The van der Waals surface area contributed by atoms with Gasteiger partial charge >= 0.3 is 0 Å². The van der Waals surface area contributed by atoms with Crippen molar-refractivity contribution in [1.29, 1.82) is 0 Å². The molecule has 3 N–H and O–H groups in total. The molecule has 0 aromatic heterocycles. The average Bonchev–Trinajstić information content (AvgIpc) is 2.74. The fourth-order valence-corrected chi connectivity index (χ4v) is 3.35. The Morgan fingerprint density at radius 2 is 2.19 bits per heavy atom. The van der Waals surface area contributed by atoms with Gasteiger partial charge in [0.05, 0.1) is 0 Å². The van der Waals surface area contributed by atoms with E-state index in [1.54, 1.807) is 11.8 Å². The van der Waals surface area contributed by atoms with E-state index in [1.807, 2.05) is 0 Å². The molecule has 0 aromatic rings. The van der Waals surface area contributed by atoms with Crippen LogP contribution in [0.4, 0.5) is 0 Å². The molecule has 1 amide bonds. The van der Waals surface area contributed by atoms with Crippen LogP contribution in [-0.2, 0) is 4.79 Å². The second-order valence-corrected chi connectivity index (χ2v) is 5.31. The minimum Gasteiger partial charge on any atom is -0.368 e. The summed E-state index contributed by atoms with van der Waals surface area (Å²) in [5.41, 5.74) is 5.04. The molecule has 0 radical (unpaired) electrons. The highest BCUT2D eigenvalue weighted by molar-refractivity contribution is 7.99. The van der Waals surface area contributed by atoms with Gasteiger partial charge in [0.25, 0.3) is 0 Å². The van der Waals surface area contributed by atoms with E-state index in [-0.39, 0.29) is 5.91 Å². The maximum atomic E-state index is 11.5. The first-order valence-corrected chi connectivity index (χ1v) is 7.15. The standard InChI is InChI=1S/C11H23N3OS/c1-3-14(4-2)7-6-13-11(10(12)15)5-8-16-9-11/h13H,3-9H2,1-2H3,(H2,12,15). The molecule has 1 heterocycles. The smallest absolute Gasteiger partial charge is 0.238 e. The van der Waals surface area contributed by atoms with E-state index >= 15 is 0 Å². The van der Waals surface area contributed by atoms with Crippen molar-refractivity contribution in [2.45, 2.75) is 25.8 Å². The third-order valence-corrected chi connectivity index (χ3v) is 4.47. The van der Waals surface area contributed by atoms with Gasteiger partial charge in [-0.05, 0) is 25.3 Å². The summed E-state index contributed by atoms with van der Waals surface area (Å²) in [5, 5.41) is 3.36. The summed E-state index contributed by atoms with van der Waals surface area (Å²) in [6, 6.07) is 0. The summed E-state index contributed by atoms with van der Waals surface area (Å²) in [4.78, 5) is 13.8. The molecule has 1 fully saturated rings. The molecule has 0 aromatic carbocycles. The van der Waals surface area contributed by atoms with Gasteiger partial charge in [-0.3, -0.25) is 4.79 Å². The topological polar surface area (TPSA) is 58.4 Å². The maximum absolute atomic E-state index is 11.5. The summed E-state index contributed by atoms with van der Waals surface area (Å²) in [6.07, 6.45) is 0.866. The number of carbonyl (C=O) groups excluding carboxylic acids is 1. The molecular formula is C11H23N3OS. The van der Waals surface area contributed by atoms with Crippen molar-refractivity contribution in [2.24, 2.45) is 5.73 Å². The Bertz CT molecular complexity index is 225. The van der Waals surface area contributed by atoms with Crippen LogP contribution >= 0.6 is 11.8 Å². The van der Waals surface area contributed by atoms with Crippen LogP contribution in [0.2, 0.25) is 0 Å². The van der Waals surface area contributed by atoms with Crippen LogP contribution in [0.15, 0.2) is 0 Å². The number of likely N-dealkylation sites (N-methyl/N-ethyl adjacent to an activating group) is 1. The molecule has 94 valence electrons. The highest BCUT2D eigenvalue weighted by Crippen LogP contribution is 2.27. The molecule has 0 aliphatic carbocycles. The Balaban J connectivity index is 2.36. The lowest BCUT2D eigenvalue weighted by Crippen LogP contribution is -2.57. The highest BCUT2D eigenvalue weighted by Gasteiger charge is 2.39. The highest BCUT2D eigenvalue weighted by atomic mass is 32.2. The first-order valence-electron chi connectivity index (χ1n) is 5.99. The van der Waals surface area contributed by atoms with E-state index in [1.165, 1.54) is 0 Å². The third-order valence-electron chi connectivity index (χ3n) is 3.28. The average molecular weight is 245 g/mol. The molecule has 1 aliphatic heterocycles. The normalized spacial score (nSPS) is 25.2. The zero-order chi connectivity index (χ0) is 12.0. The second kappa shape index (κ2) is 6.47. The van der Waals surface area contributed by atoms with Crippen molar-refractivity contribution in [1.82, 2.24) is 10.2 Å². The maximum Gasteiger partial charge on any atom is 0.238 e. The molecule has 0 bridgehead atoms. The van der Waals surface area contributed by atoms with Gasteiger partial charge in [-0.15, -0.1) is 0 Å². The fourth-order valence-electron chi connectivity index (χ4n) is 1.98. The number of thioether (sulfide) groups is 1. The Morgan fingerprint density at radius 1 is 1.50 bits per heavy atom. The van der Waals surface area contributed by atoms with Crippen molar-refractivity contribution in [3.63, 3.8) is 0 Å². The van der Waals surface area contributed by atoms with Crippen LogP contribution in [-0.4, -0.2) is 54.0 Å². The molecule has 16 heavy (non-hydrogen) atoms. The SMILES string of the molecule is CCN(CC)CCNC1(C(N)=O)CCSC1. The predicted molar refractivity (Wildman–Crippen MR) is 69.7 cm³/mol. The van der Waals surface area contributed by atoms with Crippen molar-refractivity contribution >= 4 is 17.7 Å². The molecule has 5 heteroatoms. The lowest BCUT2D eigenvalue weighted by Gasteiger charge is -2.27. The molecule has 4 nitrogen and oxygen atoms in total. The number of carbonyl (C=O) groups is 1. The molecule has 1 rings (SSSR count). The molecule has 1 saturated heterocycles. The molecule has 1 unspecified atom stereocenters. The third kappa shape index (κ3) is 3.37. The molecule has 1 atom stereocenters. The van der Waals surface area contributed by atoms with Gasteiger partial charge in [0.1, 0.15) is 5.54 Å². The zero-order valence-electron chi connectivity index (χ0n) is 10.3. The van der Waals surface area contributed by atoms with Crippen molar-refractivity contribution in [2.75, 3.05) is 37.7 Å². The van der Waals surface area contributed by atoms with E-state index in [0.29, 0.717) is 0 Å². The van der Waals surface area contributed by atoms with Crippen molar-refractivity contribution < 1.29 is 4.79 Å². The molecule has 0 saturated carbocycles. The van der Waals surface area contributed by atoms with E-state index in [9.17, 15) is 4.79 Å². The Morgan fingerprint density at radius 3 is 2.62 bits per heavy atom. The van der Waals surface area contributed by atoms with Crippen LogP contribution in [0.1, 0.15) is 20.3 Å². The fraction of sp³-hybridized carbons (Fsp3) is 0.909. The first kappa shape index (κ1) is 13.8. The Hall–Kier alpha value is -0.260. The first-order chi connectivity index (χ1) is 7.64. The summed E-state index contributed by atoms with van der Waals surface area (Å²) < 4.78 is 0. The number of rotatable bonds is 7. The van der Waals surface area contributed by atoms with Crippen LogP contribution in [0, 0.1) is 0 Å². The Kier molecular flexibility index (Phi) is 5.58. The Labute approximate surface area is 102 Å². The number of nitrogens with one attached hydrogen (secondary N) is 1. The monoisotopic (exact) mass is 245 g/mol. The van der Waals surface area contributed by atoms with E-state index < -0.39 is 5.54 Å². The number of primary amides is 1. The lowest BCUT2D eigenvalue weighted by molar-refractivity contribution is -0.123. The summed E-state index contributed by atoms with van der Waals surface area (Å²) in [6.45, 7) is 8.22. The van der Waals surface area contributed by atoms with Crippen LogP contribution in [0.5, 0.6) is 0 Å². The number of nitrogens with zero attached hydrogens (tertiary/aromatic N) is 1. The zero-order valence-corrected chi connectivity index (χ0v) is 11.1. The van der Waals surface area contributed by atoms with Gasteiger partial charge in [0, 0.05) is 18.8 Å². The number of nitrogens with two attached hydrogens (primary N) is 1. The van der Waals surface area contributed by atoms with E-state index in [4.69, 9.17) is 5.73 Å². The van der Waals surface area contributed by atoms with Crippen molar-refractivity contribution in [3.05, 3.63) is 0 Å². The van der Waals surface area contributed by atoms with Gasteiger partial charge < -0.3 is 16.0 Å². The van der Waals surface area contributed by atoms with E-state index in [2.05, 4.69) is 24.1 Å². The number of hydrogen-bond donors (Lipinski definition) is 2. The van der Waals surface area contributed by atoms with Gasteiger partial charge in [-0.25, -0.2) is 0 Å². The second-order valence-electron chi connectivity index (χ2n) is 4.20. The van der Waals surface area contributed by atoms with Gasteiger partial charge in [0.2, 0.25) is 5.91 Å². The largest absolute Gasteiger partial charge is 0.368 e. The van der Waals surface area contributed by atoms with Gasteiger partial charge in [0.15, 0.2) is 0 Å². The van der Waals surface area contributed by atoms with E-state index in [0.717, 1.165) is 44.1 Å². The van der Waals surface area contributed by atoms with Gasteiger partial charge in [-0.2, -0.15) is 11.8 Å². The molecule has 1 aliphatic rings. The number of hydrogen-bond acceptors (Lipinski definition) is 4. The van der Waals surface area contributed by atoms with Gasteiger partial charge in [-0.1, -0.05) is 13.8 Å². The minimum absolute atomic E-state index is 0.197. The summed E-state index contributed by atoms with van der Waals surface area (Å²) >= 11 is 1.80. The summed E-state index contributed by atoms with van der Waals surface area (Å²) in [5.74, 6) is 1.65. The number of amides is 1. The predicted octanol–water partition coefficient (Wildman–Crippen LogP) is 0.279. The molecular weight excluding hydrogens is 222 g/mol.